The molecular weight excluding hydrogens is 274 g/mol. The largest absolute Gasteiger partial charge is 0.507 e. The number of anilines is 1. The van der Waals surface area contributed by atoms with Gasteiger partial charge in [-0.3, -0.25) is 0 Å². The minimum absolute atomic E-state index is 0.202. The van der Waals surface area contributed by atoms with E-state index < -0.39 is 5.97 Å². The number of carbonyl (C=O) groups excluding carboxylic acids is 1. The molecule has 2 amide bonds. The molecule has 0 atom stereocenters. The molecule has 21 heavy (non-hydrogen) atoms. The lowest BCUT2D eigenvalue weighted by Gasteiger charge is -2.19. The highest BCUT2D eigenvalue weighted by atomic mass is 16.4. The van der Waals surface area contributed by atoms with E-state index >= 15 is 0 Å². The van der Waals surface area contributed by atoms with Crippen LogP contribution in [0.15, 0.2) is 18.2 Å². The van der Waals surface area contributed by atoms with E-state index in [-0.39, 0.29) is 17.3 Å². The van der Waals surface area contributed by atoms with Crippen LogP contribution in [0, 0.1) is 0 Å². The molecule has 0 aliphatic carbocycles. The fourth-order valence-electron chi connectivity index (χ4n) is 1.73. The van der Waals surface area contributed by atoms with Crippen molar-refractivity contribution in [3.63, 3.8) is 0 Å². The molecule has 0 radical (unpaired) electrons. The predicted molar refractivity (Wildman–Crippen MR) is 79.9 cm³/mol. The first kappa shape index (κ1) is 16.8. The first-order chi connectivity index (χ1) is 9.81. The Kier molecular flexibility index (Phi) is 5.98. The second-order valence-electron chi connectivity index (χ2n) is 5.05. The van der Waals surface area contributed by atoms with Gasteiger partial charge in [-0.1, -0.05) is 0 Å². The summed E-state index contributed by atoms with van der Waals surface area (Å²) < 4.78 is 0. The molecule has 0 saturated heterocycles. The fourth-order valence-corrected chi connectivity index (χ4v) is 1.73. The van der Waals surface area contributed by atoms with Crippen LogP contribution in [0.4, 0.5) is 10.5 Å². The summed E-state index contributed by atoms with van der Waals surface area (Å²) in [5, 5.41) is 21.0. The second-order valence-corrected chi connectivity index (χ2v) is 5.05. The monoisotopic (exact) mass is 295 g/mol. The second kappa shape index (κ2) is 7.49. The van der Waals surface area contributed by atoms with Gasteiger partial charge in [0.2, 0.25) is 0 Å². The molecule has 0 aromatic heterocycles. The first-order valence-electron chi connectivity index (χ1n) is 6.54. The van der Waals surface area contributed by atoms with E-state index in [1.807, 2.05) is 19.0 Å². The Labute approximate surface area is 123 Å². The smallest absolute Gasteiger partial charge is 0.339 e. The number of aromatic carboxylic acids is 1. The van der Waals surface area contributed by atoms with Crippen molar-refractivity contribution < 1.29 is 19.8 Å². The average molecular weight is 295 g/mol. The number of nitrogens with one attached hydrogen (secondary N) is 1. The van der Waals surface area contributed by atoms with Crippen LogP contribution >= 0.6 is 0 Å². The molecule has 0 saturated carbocycles. The van der Waals surface area contributed by atoms with E-state index in [4.69, 9.17) is 5.11 Å². The Morgan fingerprint density at radius 3 is 2.38 bits per heavy atom. The van der Waals surface area contributed by atoms with Gasteiger partial charge >= 0.3 is 12.0 Å². The number of hydrogen-bond donors (Lipinski definition) is 3. The quantitative estimate of drug-likeness (QED) is 0.739. The first-order valence-corrected chi connectivity index (χ1v) is 6.54. The van der Waals surface area contributed by atoms with Gasteiger partial charge in [-0.15, -0.1) is 0 Å². The molecule has 7 nitrogen and oxygen atoms in total. The van der Waals surface area contributed by atoms with Crippen LogP contribution < -0.4 is 5.32 Å². The lowest BCUT2D eigenvalue weighted by molar-refractivity contribution is 0.0694. The number of rotatable bonds is 6. The van der Waals surface area contributed by atoms with Crippen LogP contribution in [0.2, 0.25) is 0 Å². The molecule has 0 unspecified atom stereocenters. The number of carbonyl (C=O) groups is 2. The number of carboxylic acids is 1. The topological polar surface area (TPSA) is 93.1 Å². The SMILES string of the molecule is CN(C)CCCN(C)C(=O)Nc1ccc(C(=O)O)c(O)c1. The highest BCUT2D eigenvalue weighted by Gasteiger charge is 2.12. The van der Waals surface area contributed by atoms with Gasteiger partial charge in [0.05, 0.1) is 0 Å². The van der Waals surface area contributed by atoms with Gasteiger partial charge in [0, 0.05) is 25.3 Å². The molecule has 1 aromatic rings. The molecule has 0 aliphatic heterocycles. The van der Waals surface area contributed by atoms with Gasteiger partial charge in [-0.25, -0.2) is 9.59 Å². The van der Waals surface area contributed by atoms with Crippen LogP contribution in [-0.2, 0) is 0 Å². The van der Waals surface area contributed by atoms with E-state index in [1.165, 1.54) is 23.1 Å². The van der Waals surface area contributed by atoms with Gasteiger partial charge in [-0.05, 0) is 39.2 Å². The van der Waals surface area contributed by atoms with Crippen LogP contribution in [0.5, 0.6) is 5.75 Å². The Bertz CT molecular complexity index is 517. The van der Waals surface area contributed by atoms with E-state index in [0.29, 0.717) is 12.2 Å². The normalized spacial score (nSPS) is 10.5. The lowest BCUT2D eigenvalue weighted by Crippen LogP contribution is -2.33. The number of aromatic hydroxyl groups is 1. The van der Waals surface area contributed by atoms with E-state index in [1.54, 1.807) is 7.05 Å². The van der Waals surface area contributed by atoms with Crippen molar-refractivity contribution in [1.29, 1.82) is 0 Å². The molecule has 116 valence electrons. The molecule has 3 N–H and O–H groups in total. The minimum Gasteiger partial charge on any atom is -0.507 e. The Morgan fingerprint density at radius 1 is 1.19 bits per heavy atom. The van der Waals surface area contributed by atoms with E-state index in [2.05, 4.69) is 5.32 Å². The van der Waals surface area contributed by atoms with Crippen molar-refractivity contribution in [3.8, 4) is 5.75 Å². The number of urea groups is 1. The summed E-state index contributed by atoms with van der Waals surface area (Å²) in [5.74, 6) is -1.60. The number of nitrogens with zero attached hydrogens (tertiary/aromatic N) is 2. The zero-order valence-corrected chi connectivity index (χ0v) is 12.5. The highest BCUT2D eigenvalue weighted by molar-refractivity contribution is 5.93. The average Bonchev–Trinajstić information content (AvgIpc) is 2.37. The number of phenols is 1. The summed E-state index contributed by atoms with van der Waals surface area (Å²) in [6.07, 6.45) is 0.847. The van der Waals surface area contributed by atoms with Crippen LogP contribution in [0.25, 0.3) is 0 Å². The Hall–Kier alpha value is -2.28. The van der Waals surface area contributed by atoms with Gasteiger partial charge in [-0.2, -0.15) is 0 Å². The van der Waals surface area contributed by atoms with Gasteiger partial charge in [0.25, 0.3) is 0 Å². The summed E-state index contributed by atoms with van der Waals surface area (Å²) in [6, 6.07) is 3.60. The molecular formula is C14H21N3O4. The zero-order valence-electron chi connectivity index (χ0n) is 12.5. The zero-order chi connectivity index (χ0) is 16.0. The minimum atomic E-state index is -1.22. The summed E-state index contributed by atoms with van der Waals surface area (Å²) in [6.45, 7) is 1.48. The summed E-state index contributed by atoms with van der Waals surface area (Å²) in [7, 11) is 5.61. The highest BCUT2D eigenvalue weighted by Crippen LogP contribution is 2.22. The maximum atomic E-state index is 11.9. The third-order valence-electron chi connectivity index (χ3n) is 2.92. The number of amides is 2. The predicted octanol–water partition coefficient (Wildman–Crippen LogP) is 1.51. The van der Waals surface area contributed by atoms with E-state index in [9.17, 15) is 14.7 Å². The molecule has 1 aromatic carbocycles. The van der Waals surface area contributed by atoms with E-state index in [0.717, 1.165) is 13.0 Å². The van der Waals surface area contributed by atoms with Crippen LogP contribution in [0.1, 0.15) is 16.8 Å². The van der Waals surface area contributed by atoms with Crippen molar-refractivity contribution in [1.82, 2.24) is 9.80 Å². The fraction of sp³-hybridized carbons (Fsp3) is 0.429. The van der Waals surface area contributed by atoms with Crippen LogP contribution in [0.3, 0.4) is 0 Å². The van der Waals surface area contributed by atoms with Gasteiger partial charge in [0.1, 0.15) is 11.3 Å². The van der Waals surface area contributed by atoms with Crippen LogP contribution in [-0.4, -0.2) is 66.2 Å². The van der Waals surface area contributed by atoms with Crippen molar-refractivity contribution in [2.45, 2.75) is 6.42 Å². The van der Waals surface area contributed by atoms with Crippen molar-refractivity contribution >= 4 is 17.7 Å². The molecule has 1 rings (SSSR count). The van der Waals surface area contributed by atoms with Gasteiger partial charge < -0.3 is 25.3 Å². The number of hydrogen-bond acceptors (Lipinski definition) is 4. The third kappa shape index (κ3) is 5.31. The number of benzene rings is 1. The third-order valence-corrected chi connectivity index (χ3v) is 2.92. The van der Waals surface area contributed by atoms with Crippen molar-refractivity contribution in [2.75, 3.05) is 39.5 Å². The molecule has 0 spiro atoms. The Balaban J connectivity index is 2.58. The molecule has 7 heteroatoms. The number of carboxylic acid groups (broad SMARTS) is 1. The molecule has 0 bridgehead atoms. The molecule has 0 fully saturated rings. The molecule has 0 heterocycles. The maximum Gasteiger partial charge on any atom is 0.339 e. The summed E-state index contributed by atoms with van der Waals surface area (Å²) in [5.41, 5.74) is 0.147. The molecule has 0 aliphatic rings. The summed E-state index contributed by atoms with van der Waals surface area (Å²) in [4.78, 5) is 26.3. The Morgan fingerprint density at radius 2 is 1.86 bits per heavy atom. The maximum absolute atomic E-state index is 11.9. The lowest BCUT2D eigenvalue weighted by atomic mass is 10.2. The van der Waals surface area contributed by atoms with Crippen molar-refractivity contribution in [3.05, 3.63) is 23.8 Å². The standard InChI is InChI=1S/C14H21N3O4/c1-16(2)7-4-8-17(3)14(21)15-10-5-6-11(13(19)20)12(18)9-10/h5-6,9,18H,4,7-8H2,1-3H3,(H,15,21)(H,19,20). The summed E-state index contributed by atoms with van der Waals surface area (Å²) >= 11 is 0. The van der Waals surface area contributed by atoms with Crippen molar-refractivity contribution in [2.24, 2.45) is 0 Å². The van der Waals surface area contributed by atoms with Gasteiger partial charge in [0.15, 0.2) is 0 Å².